The molecule has 1 unspecified atom stereocenters. The number of hydrogen-bond acceptors (Lipinski definition) is 3. The van der Waals surface area contributed by atoms with Gasteiger partial charge >= 0.3 is 5.97 Å². The molecule has 1 atom stereocenters. The molecule has 0 spiro atoms. The Hall–Kier alpha value is -2.82. The number of nitrogens with one attached hydrogen (secondary N) is 1. The molecule has 0 radical (unpaired) electrons. The van der Waals surface area contributed by atoms with Crippen LogP contribution in [0, 0.1) is 13.8 Å². The minimum atomic E-state index is -0.887. The SMILES string of the molecule is Cc1ccc(C)c(OC(C)C(=O)Nc2ccc(CC(=O)O)cc2)c1. The van der Waals surface area contributed by atoms with Crippen LogP contribution in [0.2, 0.25) is 0 Å². The minimum Gasteiger partial charge on any atom is -0.481 e. The number of ether oxygens (including phenoxy) is 1. The number of aliphatic carboxylic acids is 1. The van der Waals surface area contributed by atoms with Crippen molar-refractivity contribution in [1.82, 2.24) is 0 Å². The first-order valence-electron chi connectivity index (χ1n) is 7.70. The zero-order chi connectivity index (χ0) is 17.7. The van der Waals surface area contributed by atoms with E-state index in [4.69, 9.17) is 9.84 Å². The molecule has 2 aromatic rings. The molecule has 0 aliphatic rings. The van der Waals surface area contributed by atoms with Crippen molar-refractivity contribution in [3.05, 3.63) is 59.2 Å². The maximum Gasteiger partial charge on any atom is 0.307 e. The predicted molar refractivity (Wildman–Crippen MR) is 92.4 cm³/mol. The minimum absolute atomic E-state index is 0.0413. The molecule has 0 aliphatic carbocycles. The van der Waals surface area contributed by atoms with Crippen molar-refractivity contribution >= 4 is 17.6 Å². The van der Waals surface area contributed by atoms with E-state index in [9.17, 15) is 9.59 Å². The Morgan fingerprint density at radius 1 is 1.12 bits per heavy atom. The molecule has 5 nitrogen and oxygen atoms in total. The standard InChI is InChI=1S/C19H21NO4/c1-12-4-5-13(2)17(10-12)24-14(3)19(23)20-16-8-6-15(7-9-16)11-18(21)22/h4-10,14H,11H2,1-3H3,(H,20,23)(H,21,22). The Kier molecular flexibility index (Phi) is 5.58. The maximum atomic E-state index is 12.2. The molecule has 0 aliphatic heterocycles. The van der Waals surface area contributed by atoms with Crippen molar-refractivity contribution in [3.63, 3.8) is 0 Å². The van der Waals surface area contributed by atoms with Crippen molar-refractivity contribution in [1.29, 1.82) is 0 Å². The summed E-state index contributed by atoms with van der Waals surface area (Å²) in [5, 5.41) is 11.5. The number of amides is 1. The highest BCUT2D eigenvalue weighted by Gasteiger charge is 2.16. The molecule has 2 aromatic carbocycles. The van der Waals surface area contributed by atoms with Crippen molar-refractivity contribution in [2.45, 2.75) is 33.3 Å². The number of hydrogen-bond donors (Lipinski definition) is 2. The Labute approximate surface area is 141 Å². The third-order valence-corrected chi connectivity index (χ3v) is 3.59. The van der Waals surface area contributed by atoms with Gasteiger partial charge in [-0.05, 0) is 55.7 Å². The first-order valence-corrected chi connectivity index (χ1v) is 7.70. The summed E-state index contributed by atoms with van der Waals surface area (Å²) < 4.78 is 5.75. The Bertz CT molecular complexity index is 738. The lowest BCUT2D eigenvalue weighted by Gasteiger charge is -2.17. The Morgan fingerprint density at radius 2 is 1.79 bits per heavy atom. The van der Waals surface area contributed by atoms with Crippen LogP contribution in [-0.2, 0) is 16.0 Å². The number of carbonyl (C=O) groups excluding carboxylic acids is 1. The average Bonchev–Trinajstić information content (AvgIpc) is 2.52. The highest BCUT2D eigenvalue weighted by Crippen LogP contribution is 2.21. The maximum absolute atomic E-state index is 12.2. The Balaban J connectivity index is 1.98. The summed E-state index contributed by atoms with van der Waals surface area (Å²) >= 11 is 0. The summed E-state index contributed by atoms with van der Waals surface area (Å²) in [6.45, 7) is 5.59. The molecule has 24 heavy (non-hydrogen) atoms. The molecule has 0 aromatic heterocycles. The van der Waals surface area contributed by atoms with Crippen LogP contribution in [0.3, 0.4) is 0 Å². The molecule has 0 bridgehead atoms. The van der Waals surface area contributed by atoms with E-state index in [1.54, 1.807) is 31.2 Å². The van der Waals surface area contributed by atoms with E-state index in [0.29, 0.717) is 17.0 Å². The highest BCUT2D eigenvalue weighted by atomic mass is 16.5. The van der Waals surface area contributed by atoms with E-state index in [2.05, 4.69) is 5.32 Å². The van der Waals surface area contributed by atoms with Gasteiger partial charge in [0.05, 0.1) is 6.42 Å². The lowest BCUT2D eigenvalue weighted by molar-refractivity contribution is -0.136. The zero-order valence-electron chi connectivity index (χ0n) is 14.0. The predicted octanol–water partition coefficient (Wildman–Crippen LogP) is 3.34. The fourth-order valence-corrected chi connectivity index (χ4v) is 2.20. The van der Waals surface area contributed by atoms with Gasteiger partial charge in [0.25, 0.3) is 5.91 Å². The van der Waals surface area contributed by atoms with Crippen molar-refractivity contribution < 1.29 is 19.4 Å². The molecule has 0 fully saturated rings. The fraction of sp³-hybridized carbons (Fsp3) is 0.263. The van der Waals surface area contributed by atoms with E-state index in [-0.39, 0.29) is 12.3 Å². The van der Waals surface area contributed by atoms with Gasteiger partial charge in [-0.1, -0.05) is 24.3 Å². The normalized spacial score (nSPS) is 11.6. The number of aryl methyl sites for hydroxylation is 2. The Morgan fingerprint density at radius 3 is 2.42 bits per heavy atom. The third kappa shape index (κ3) is 4.84. The number of anilines is 1. The van der Waals surface area contributed by atoms with Gasteiger partial charge in [-0.15, -0.1) is 0 Å². The van der Waals surface area contributed by atoms with E-state index in [1.807, 2.05) is 32.0 Å². The number of carboxylic acids is 1. The van der Waals surface area contributed by atoms with E-state index in [0.717, 1.165) is 11.1 Å². The van der Waals surface area contributed by atoms with Crippen LogP contribution in [0.15, 0.2) is 42.5 Å². The summed E-state index contributed by atoms with van der Waals surface area (Å²) in [6, 6.07) is 12.6. The van der Waals surface area contributed by atoms with Gasteiger partial charge in [0, 0.05) is 5.69 Å². The molecular weight excluding hydrogens is 306 g/mol. The topological polar surface area (TPSA) is 75.6 Å². The van der Waals surface area contributed by atoms with Gasteiger partial charge in [0.2, 0.25) is 0 Å². The van der Waals surface area contributed by atoms with Gasteiger partial charge < -0.3 is 15.2 Å². The van der Waals surface area contributed by atoms with Gasteiger partial charge in [0.1, 0.15) is 5.75 Å². The van der Waals surface area contributed by atoms with Crippen LogP contribution in [0.1, 0.15) is 23.6 Å². The largest absolute Gasteiger partial charge is 0.481 e. The van der Waals surface area contributed by atoms with E-state index < -0.39 is 12.1 Å². The number of carboxylic acid groups (broad SMARTS) is 1. The van der Waals surface area contributed by atoms with Gasteiger partial charge in [-0.25, -0.2) is 0 Å². The lowest BCUT2D eigenvalue weighted by atomic mass is 10.1. The quantitative estimate of drug-likeness (QED) is 0.853. The van der Waals surface area contributed by atoms with Gasteiger partial charge in [0.15, 0.2) is 6.10 Å². The van der Waals surface area contributed by atoms with Crippen molar-refractivity contribution in [2.75, 3.05) is 5.32 Å². The first kappa shape index (κ1) is 17.5. The van der Waals surface area contributed by atoms with Crippen LogP contribution < -0.4 is 10.1 Å². The van der Waals surface area contributed by atoms with E-state index in [1.165, 1.54) is 0 Å². The number of carbonyl (C=O) groups is 2. The molecule has 0 saturated heterocycles. The molecule has 0 saturated carbocycles. The van der Waals surface area contributed by atoms with E-state index >= 15 is 0 Å². The number of benzene rings is 2. The third-order valence-electron chi connectivity index (χ3n) is 3.59. The average molecular weight is 327 g/mol. The summed E-state index contributed by atoms with van der Waals surface area (Å²) in [6.07, 6.45) is -0.690. The van der Waals surface area contributed by atoms with Gasteiger partial charge in [-0.3, -0.25) is 9.59 Å². The molecule has 2 rings (SSSR count). The molecule has 5 heteroatoms. The van der Waals surface area contributed by atoms with Crippen LogP contribution in [0.25, 0.3) is 0 Å². The monoisotopic (exact) mass is 327 g/mol. The van der Waals surface area contributed by atoms with Crippen molar-refractivity contribution in [3.8, 4) is 5.75 Å². The second-order valence-electron chi connectivity index (χ2n) is 5.79. The number of rotatable bonds is 6. The van der Waals surface area contributed by atoms with Gasteiger partial charge in [-0.2, -0.15) is 0 Å². The summed E-state index contributed by atoms with van der Waals surface area (Å²) in [7, 11) is 0. The summed E-state index contributed by atoms with van der Waals surface area (Å²) in [4.78, 5) is 22.9. The second-order valence-corrected chi connectivity index (χ2v) is 5.79. The molecule has 1 amide bonds. The summed E-state index contributed by atoms with van der Waals surface area (Å²) in [5.41, 5.74) is 3.32. The molecule has 2 N–H and O–H groups in total. The van der Waals surface area contributed by atoms with Crippen LogP contribution in [0.5, 0.6) is 5.75 Å². The van der Waals surface area contributed by atoms with Crippen molar-refractivity contribution in [2.24, 2.45) is 0 Å². The molecule has 0 heterocycles. The molecular formula is C19H21NO4. The highest BCUT2D eigenvalue weighted by molar-refractivity contribution is 5.94. The lowest BCUT2D eigenvalue weighted by Crippen LogP contribution is -2.30. The van der Waals surface area contributed by atoms with Crippen LogP contribution in [0.4, 0.5) is 5.69 Å². The zero-order valence-corrected chi connectivity index (χ0v) is 14.0. The fourth-order valence-electron chi connectivity index (χ4n) is 2.20. The first-order chi connectivity index (χ1) is 11.3. The molecule has 126 valence electrons. The van der Waals surface area contributed by atoms with Crippen LogP contribution in [-0.4, -0.2) is 23.1 Å². The second kappa shape index (κ2) is 7.64. The summed E-state index contributed by atoms with van der Waals surface area (Å²) in [5.74, 6) is -0.460. The smallest absolute Gasteiger partial charge is 0.307 e. The van der Waals surface area contributed by atoms with Crippen LogP contribution >= 0.6 is 0 Å².